The number of ketones is 1. The van der Waals surface area contributed by atoms with Crippen molar-refractivity contribution < 1.29 is 4.79 Å². The Balaban J connectivity index is 1.86. The molecule has 0 aliphatic heterocycles. The molecule has 1 aromatic rings. The number of benzene rings is 1. The molecule has 2 rings (SSSR count). The van der Waals surface area contributed by atoms with Crippen molar-refractivity contribution in [3.05, 3.63) is 34.3 Å². The second-order valence-electron chi connectivity index (χ2n) is 5.28. The fourth-order valence-corrected chi connectivity index (χ4v) is 3.10. The van der Waals surface area contributed by atoms with Crippen LogP contribution in [0, 0.1) is 5.92 Å². The maximum absolute atomic E-state index is 12.1. The maximum Gasteiger partial charge on any atom is 0.176 e. The van der Waals surface area contributed by atoms with Gasteiger partial charge in [0, 0.05) is 16.6 Å². The second kappa shape index (κ2) is 6.48. The van der Waals surface area contributed by atoms with Crippen molar-refractivity contribution in [3.8, 4) is 0 Å². The number of hydrogen-bond donors (Lipinski definition) is 0. The molecule has 0 spiro atoms. The van der Waals surface area contributed by atoms with E-state index in [0.29, 0.717) is 6.54 Å². The largest absolute Gasteiger partial charge is 0.299 e. The van der Waals surface area contributed by atoms with E-state index < -0.39 is 0 Å². The molecule has 1 aliphatic rings. The van der Waals surface area contributed by atoms with E-state index in [-0.39, 0.29) is 5.78 Å². The highest BCUT2D eigenvalue weighted by Gasteiger charge is 2.18. The van der Waals surface area contributed by atoms with Gasteiger partial charge in [0.15, 0.2) is 5.78 Å². The van der Waals surface area contributed by atoms with Gasteiger partial charge in [0.2, 0.25) is 0 Å². The molecule has 3 heteroatoms. The van der Waals surface area contributed by atoms with Gasteiger partial charge >= 0.3 is 0 Å². The van der Waals surface area contributed by atoms with E-state index in [1.54, 1.807) is 0 Å². The lowest BCUT2D eigenvalue weighted by molar-refractivity contribution is 0.0938. The number of hydrogen-bond acceptors (Lipinski definition) is 2. The normalized spacial score (nSPS) is 16.4. The van der Waals surface area contributed by atoms with Crippen LogP contribution in [0.3, 0.4) is 0 Å². The van der Waals surface area contributed by atoms with Crippen LogP contribution in [0.2, 0.25) is 0 Å². The zero-order chi connectivity index (χ0) is 13.0. The van der Waals surface area contributed by atoms with Crippen LogP contribution in [0.4, 0.5) is 0 Å². The van der Waals surface area contributed by atoms with Crippen LogP contribution >= 0.6 is 15.9 Å². The molecular formula is C15H20BrNO. The molecule has 0 saturated heterocycles. The second-order valence-corrected chi connectivity index (χ2v) is 6.20. The summed E-state index contributed by atoms with van der Waals surface area (Å²) in [6, 6.07) is 7.63. The predicted octanol–water partition coefficient (Wildman–Crippen LogP) is 3.75. The first kappa shape index (κ1) is 13.8. The highest BCUT2D eigenvalue weighted by Crippen LogP contribution is 2.25. The van der Waals surface area contributed by atoms with Crippen LogP contribution in [0.5, 0.6) is 0 Å². The predicted molar refractivity (Wildman–Crippen MR) is 77.9 cm³/mol. The Bertz CT molecular complexity index is 413. The summed E-state index contributed by atoms with van der Waals surface area (Å²) in [5.74, 6) is 1.00. The lowest BCUT2D eigenvalue weighted by Gasteiger charge is -2.19. The van der Waals surface area contributed by atoms with Gasteiger partial charge in [-0.1, -0.05) is 40.9 Å². The number of halogens is 1. The Morgan fingerprint density at radius 2 is 2.11 bits per heavy atom. The Labute approximate surface area is 117 Å². The molecule has 0 heterocycles. The Morgan fingerprint density at radius 3 is 2.78 bits per heavy atom. The molecule has 0 atom stereocenters. The minimum Gasteiger partial charge on any atom is -0.299 e. The fourth-order valence-electron chi connectivity index (χ4n) is 2.70. The van der Waals surface area contributed by atoms with E-state index in [2.05, 4.69) is 20.8 Å². The third kappa shape index (κ3) is 3.92. The van der Waals surface area contributed by atoms with E-state index in [1.807, 2.05) is 31.3 Å². The standard InChI is InChI=1S/C15H20BrNO/c1-17(10-12-5-2-3-6-12)11-15(18)13-7-4-8-14(16)9-13/h4,7-9,12H,2-3,5-6,10-11H2,1H3. The quantitative estimate of drug-likeness (QED) is 0.772. The lowest BCUT2D eigenvalue weighted by Crippen LogP contribution is -2.30. The van der Waals surface area contributed by atoms with E-state index in [9.17, 15) is 4.79 Å². The molecule has 0 unspecified atom stereocenters. The summed E-state index contributed by atoms with van der Waals surface area (Å²) in [5, 5.41) is 0. The number of carbonyl (C=O) groups is 1. The lowest BCUT2D eigenvalue weighted by atomic mass is 10.1. The van der Waals surface area contributed by atoms with Crippen molar-refractivity contribution in [2.45, 2.75) is 25.7 Å². The summed E-state index contributed by atoms with van der Waals surface area (Å²) >= 11 is 3.40. The summed E-state index contributed by atoms with van der Waals surface area (Å²) in [5.41, 5.74) is 0.794. The molecule has 0 bridgehead atoms. The zero-order valence-electron chi connectivity index (χ0n) is 10.9. The van der Waals surface area contributed by atoms with E-state index in [1.165, 1.54) is 25.7 Å². The van der Waals surface area contributed by atoms with Crippen LogP contribution in [0.25, 0.3) is 0 Å². The molecule has 1 aliphatic carbocycles. The molecule has 0 amide bonds. The van der Waals surface area contributed by atoms with Gasteiger partial charge < -0.3 is 0 Å². The maximum atomic E-state index is 12.1. The summed E-state index contributed by atoms with van der Waals surface area (Å²) in [7, 11) is 2.05. The summed E-state index contributed by atoms with van der Waals surface area (Å²) in [6.07, 6.45) is 5.38. The molecule has 1 saturated carbocycles. The van der Waals surface area contributed by atoms with E-state index in [0.717, 1.165) is 22.5 Å². The summed E-state index contributed by atoms with van der Waals surface area (Å²) in [4.78, 5) is 14.3. The van der Waals surface area contributed by atoms with Crippen molar-refractivity contribution in [1.29, 1.82) is 0 Å². The molecule has 1 aromatic carbocycles. The molecular weight excluding hydrogens is 290 g/mol. The minimum absolute atomic E-state index is 0.205. The SMILES string of the molecule is CN(CC(=O)c1cccc(Br)c1)CC1CCCC1. The van der Waals surface area contributed by atoms with Gasteiger partial charge in [-0.05, 0) is 37.9 Å². The molecule has 0 radical (unpaired) electrons. The fraction of sp³-hybridized carbons (Fsp3) is 0.533. The highest BCUT2D eigenvalue weighted by atomic mass is 79.9. The highest BCUT2D eigenvalue weighted by molar-refractivity contribution is 9.10. The first-order valence-corrected chi connectivity index (χ1v) is 7.42. The molecule has 0 aromatic heterocycles. The third-order valence-electron chi connectivity index (χ3n) is 3.60. The average Bonchev–Trinajstić information content (AvgIpc) is 2.81. The van der Waals surface area contributed by atoms with Gasteiger partial charge in [0.25, 0.3) is 0 Å². The number of likely N-dealkylation sites (N-methyl/N-ethyl adjacent to an activating group) is 1. The van der Waals surface area contributed by atoms with Crippen LogP contribution in [0.1, 0.15) is 36.0 Å². The first-order valence-electron chi connectivity index (χ1n) is 6.62. The smallest absolute Gasteiger partial charge is 0.176 e. The number of nitrogens with zero attached hydrogens (tertiary/aromatic N) is 1. The summed E-state index contributed by atoms with van der Waals surface area (Å²) in [6.45, 7) is 1.58. The van der Waals surface area contributed by atoms with Crippen LogP contribution in [-0.4, -0.2) is 30.8 Å². The van der Waals surface area contributed by atoms with E-state index >= 15 is 0 Å². The number of carbonyl (C=O) groups excluding carboxylic acids is 1. The van der Waals surface area contributed by atoms with Crippen LogP contribution < -0.4 is 0 Å². The van der Waals surface area contributed by atoms with Gasteiger partial charge in [0.05, 0.1) is 6.54 Å². The van der Waals surface area contributed by atoms with Gasteiger partial charge in [-0.25, -0.2) is 0 Å². The van der Waals surface area contributed by atoms with Gasteiger partial charge in [-0.2, -0.15) is 0 Å². The molecule has 18 heavy (non-hydrogen) atoms. The van der Waals surface area contributed by atoms with Crippen molar-refractivity contribution in [2.75, 3.05) is 20.1 Å². The zero-order valence-corrected chi connectivity index (χ0v) is 12.4. The third-order valence-corrected chi connectivity index (χ3v) is 4.10. The van der Waals surface area contributed by atoms with Crippen LogP contribution in [-0.2, 0) is 0 Å². The minimum atomic E-state index is 0.205. The first-order chi connectivity index (χ1) is 8.65. The average molecular weight is 310 g/mol. The monoisotopic (exact) mass is 309 g/mol. The Kier molecular flexibility index (Phi) is 4.95. The number of Topliss-reactive ketones (excluding diaryl/α,β-unsaturated/α-hetero) is 1. The number of rotatable bonds is 5. The van der Waals surface area contributed by atoms with Crippen LogP contribution in [0.15, 0.2) is 28.7 Å². The van der Waals surface area contributed by atoms with Crippen molar-refractivity contribution in [1.82, 2.24) is 4.90 Å². The van der Waals surface area contributed by atoms with Crippen molar-refractivity contribution >= 4 is 21.7 Å². The van der Waals surface area contributed by atoms with Gasteiger partial charge in [0.1, 0.15) is 0 Å². The molecule has 98 valence electrons. The molecule has 1 fully saturated rings. The van der Waals surface area contributed by atoms with Crippen molar-refractivity contribution in [3.63, 3.8) is 0 Å². The Morgan fingerprint density at radius 1 is 1.39 bits per heavy atom. The Hall–Kier alpha value is -0.670. The molecule has 0 N–H and O–H groups in total. The summed E-state index contributed by atoms with van der Waals surface area (Å²) < 4.78 is 0.965. The topological polar surface area (TPSA) is 20.3 Å². The van der Waals surface area contributed by atoms with Crippen molar-refractivity contribution in [2.24, 2.45) is 5.92 Å². The van der Waals surface area contributed by atoms with Gasteiger partial charge in [-0.3, -0.25) is 9.69 Å². The molecule has 2 nitrogen and oxygen atoms in total. The van der Waals surface area contributed by atoms with Gasteiger partial charge in [-0.15, -0.1) is 0 Å². The van der Waals surface area contributed by atoms with E-state index in [4.69, 9.17) is 0 Å².